The third kappa shape index (κ3) is 17.9. The first-order valence-electron chi connectivity index (χ1n) is 3.56. The van der Waals surface area contributed by atoms with Crippen molar-refractivity contribution in [2.45, 2.75) is 6.92 Å². The maximum absolute atomic E-state index is 10.1. The van der Waals surface area contributed by atoms with Crippen molar-refractivity contribution < 1.29 is 19.3 Å². The van der Waals surface area contributed by atoms with Crippen LogP contribution in [-0.4, -0.2) is 12.6 Å². The van der Waals surface area contributed by atoms with Gasteiger partial charge in [-0.15, -0.1) is 0 Å². The summed E-state index contributed by atoms with van der Waals surface area (Å²) in [4.78, 5) is 18.5. The average molecular weight is 186 g/mol. The Morgan fingerprint density at radius 3 is 2.08 bits per heavy atom. The van der Waals surface area contributed by atoms with Gasteiger partial charge in [-0.1, -0.05) is 19.7 Å². The molecule has 0 saturated heterocycles. The van der Waals surface area contributed by atoms with Gasteiger partial charge in [-0.3, -0.25) is 4.89 Å². The Morgan fingerprint density at radius 1 is 1.31 bits per heavy atom. The van der Waals surface area contributed by atoms with E-state index in [2.05, 4.69) is 34.2 Å². The van der Waals surface area contributed by atoms with E-state index >= 15 is 0 Å². The first-order chi connectivity index (χ1) is 6.22. The minimum absolute atomic E-state index is 0.361. The van der Waals surface area contributed by atoms with Crippen molar-refractivity contribution in [3.63, 3.8) is 0 Å². The van der Waals surface area contributed by atoms with E-state index in [0.717, 1.165) is 6.08 Å². The molecule has 0 aromatic rings. The summed E-state index contributed by atoms with van der Waals surface area (Å²) in [7, 11) is 0. The zero-order valence-corrected chi connectivity index (χ0v) is 7.69. The summed E-state index contributed by atoms with van der Waals surface area (Å²) >= 11 is 0. The molecule has 0 aromatic carbocycles. The van der Waals surface area contributed by atoms with E-state index in [9.17, 15) is 4.79 Å². The van der Waals surface area contributed by atoms with Crippen LogP contribution < -0.4 is 0 Å². The number of hydrogen-bond donors (Lipinski definition) is 0. The van der Waals surface area contributed by atoms with Crippen LogP contribution in [0.15, 0.2) is 38.3 Å². The molecule has 0 aliphatic carbocycles. The fraction of sp³-hybridized carbons (Fsp3) is 0.222. The van der Waals surface area contributed by atoms with Gasteiger partial charge in [-0.25, -0.2) is 4.79 Å². The summed E-state index contributed by atoms with van der Waals surface area (Å²) in [6.45, 7) is 11.8. The van der Waals surface area contributed by atoms with E-state index in [-0.39, 0.29) is 0 Å². The van der Waals surface area contributed by atoms with Crippen LogP contribution in [0.1, 0.15) is 6.92 Å². The summed E-state index contributed by atoms with van der Waals surface area (Å²) in [6.07, 6.45) is 3.66. The second-order valence-electron chi connectivity index (χ2n) is 1.48. The van der Waals surface area contributed by atoms with Gasteiger partial charge in [-0.05, 0) is 6.92 Å². The van der Waals surface area contributed by atoms with E-state index in [4.69, 9.17) is 0 Å². The third-order valence-corrected chi connectivity index (χ3v) is 0.618. The van der Waals surface area contributed by atoms with Crippen LogP contribution in [0.4, 0.5) is 0 Å². The van der Waals surface area contributed by atoms with Crippen molar-refractivity contribution in [3.8, 4) is 0 Å². The van der Waals surface area contributed by atoms with Gasteiger partial charge in [0.2, 0.25) is 0 Å². The Labute approximate surface area is 78.0 Å². The second-order valence-corrected chi connectivity index (χ2v) is 1.48. The summed E-state index contributed by atoms with van der Waals surface area (Å²) in [5.74, 6) is -0.563. The predicted octanol–water partition coefficient (Wildman–Crippen LogP) is 1.96. The normalized spacial score (nSPS) is 7.15. The molecule has 0 spiro atoms. The zero-order valence-electron chi connectivity index (χ0n) is 7.69. The standard InChI is InChI=1S/C5H8O3.C4H6O/c1-3-5(6)8-7-4-2;1-3-5-4-2/h3H,1,4H2,2H3;3-4H,1-2H2. The molecule has 74 valence electrons. The van der Waals surface area contributed by atoms with E-state index in [1.807, 2.05) is 0 Å². The Balaban J connectivity index is 0. The van der Waals surface area contributed by atoms with E-state index in [0.29, 0.717) is 6.61 Å². The number of carbonyl (C=O) groups is 1. The molecule has 13 heavy (non-hydrogen) atoms. The van der Waals surface area contributed by atoms with Gasteiger partial charge in [0.25, 0.3) is 0 Å². The van der Waals surface area contributed by atoms with Crippen LogP contribution in [0.5, 0.6) is 0 Å². The Morgan fingerprint density at radius 2 is 1.85 bits per heavy atom. The monoisotopic (exact) mass is 186 g/mol. The maximum Gasteiger partial charge on any atom is 0.365 e. The molecule has 0 amide bonds. The van der Waals surface area contributed by atoms with Crippen LogP contribution in [0.25, 0.3) is 0 Å². The van der Waals surface area contributed by atoms with Gasteiger partial charge in [0.05, 0.1) is 19.1 Å². The van der Waals surface area contributed by atoms with Gasteiger partial charge in [0.1, 0.15) is 0 Å². The smallest absolute Gasteiger partial charge is 0.365 e. The molecular formula is C9H14O4. The average Bonchev–Trinajstić information content (AvgIpc) is 2.16. The largest absolute Gasteiger partial charge is 0.474 e. The molecule has 0 heterocycles. The molecule has 0 aliphatic heterocycles. The summed E-state index contributed by atoms with van der Waals surface area (Å²) in [5.41, 5.74) is 0. The lowest BCUT2D eigenvalue weighted by Gasteiger charge is -1.93. The van der Waals surface area contributed by atoms with Crippen LogP contribution in [-0.2, 0) is 19.3 Å². The van der Waals surface area contributed by atoms with Crippen molar-refractivity contribution in [3.05, 3.63) is 38.3 Å². The van der Waals surface area contributed by atoms with Gasteiger partial charge >= 0.3 is 5.97 Å². The molecule has 0 aromatic heterocycles. The first kappa shape index (κ1) is 14.0. The van der Waals surface area contributed by atoms with Gasteiger partial charge < -0.3 is 4.74 Å². The molecule has 0 N–H and O–H groups in total. The lowest BCUT2D eigenvalue weighted by Crippen LogP contribution is -2.00. The molecule has 0 saturated carbocycles. The maximum atomic E-state index is 10.1. The van der Waals surface area contributed by atoms with Crippen molar-refractivity contribution in [1.29, 1.82) is 0 Å². The molecular weight excluding hydrogens is 172 g/mol. The Hall–Kier alpha value is -1.55. The molecule has 4 heteroatoms. The molecule has 0 unspecified atom stereocenters. The number of carbonyl (C=O) groups excluding carboxylic acids is 1. The highest BCUT2D eigenvalue weighted by atomic mass is 17.2. The van der Waals surface area contributed by atoms with Crippen molar-refractivity contribution >= 4 is 5.97 Å². The van der Waals surface area contributed by atoms with Gasteiger partial charge in [0, 0.05) is 6.08 Å². The Kier molecular flexibility index (Phi) is 14.1. The van der Waals surface area contributed by atoms with Crippen LogP contribution in [0.3, 0.4) is 0 Å². The number of rotatable bonds is 5. The second kappa shape index (κ2) is 13.1. The quantitative estimate of drug-likeness (QED) is 0.285. The molecule has 0 atom stereocenters. The molecule has 4 nitrogen and oxygen atoms in total. The van der Waals surface area contributed by atoms with Crippen molar-refractivity contribution in [1.82, 2.24) is 0 Å². The van der Waals surface area contributed by atoms with E-state index < -0.39 is 5.97 Å². The lowest BCUT2D eigenvalue weighted by molar-refractivity contribution is -0.264. The first-order valence-corrected chi connectivity index (χ1v) is 3.56. The van der Waals surface area contributed by atoms with E-state index in [1.54, 1.807) is 6.92 Å². The summed E-state index contributed by atoms with van der Waals surface area (Å²) < 4.78 is 4.36. The predicted molar refractivity (Wildman–Crippen MR) is 49.4 cm³/mol. The number of ether oxygens (including phenoxy) is 1. The molecule has 0 bridgehead atoms. The van der Waals surface area contributed by atoms with Gasteiger partial charge in [-0.2, -0.15) is 4.89 Å². The summed E-state index contributed by atoms with van der Waals surface area (Å²) in [6, 6.07) is 0. The van der Waals surface area contributed by atoms with Crippen LogP contribution in [0.2, 0.25) is 0 Å². The third-order valence-electron chi connectivity index (χ3n) is 0.618. The molecule has 0 fully saturated rings. The van der Waals surface area contributed by atoms with Gasteiger partial charge in [0.15, 0.2) is 0 Å². The van der Waals surface area contributed by atoms with Crippen molar-refractivity contribution in [2.24, 2.45) is 0 Å². The highest BCUT2D eigenvalue weighted by Crippen LogP contribution is 1.79. The molecule has 0 aliphatic rings. The molecule has 0 rings (SSSR count). The highest BCUT2D eigenvalue weighted by molar-refractivity contribution is 5.80. The Bertz CT molecular complexity index is 157. The van der Waals surface area contributed by atoms with Crippen LogP contribution >= 0.6 is 0 Å². The van der Waals surface area contributed by atoms with Crippen LogP contribution in [0, 0.1) is 0 Å². The lowest BCUT2D eigenvalue weighted by atomic mass is 10.7. The number of hydrogen-bond acceptors (Lipinski definition) is 4. The highest BCUT2D eigenvalue weighted by Gasteiger charge is 1.91. The SMILES string of the molecule is C=CC(=O)OOCC.C=COC=C. The summed E-state index contributed by atoms with van der Waals surface area (Å²) in [5, 5.41) is 0. The topological polar surface area (TPSA) is 44.8 Å². The zero-order chi connectivity index (χ0) is 10.5. The fourth-order valence-electron chi connectivity index (χ4n) is 0.219. The van der Waals surface area contributed by atoms with Crippen molar-refractivity contribution in [2.75, 3.05) is 6.61 Å². The fourth-order valence-corrected chi connectivity index (χ4v) is 0.219. The molecule has 0 radical (unpaired) electrons. The van der Waals surface area contributed by atoms with E-state index in [1.165, 1.54) is 12.5 Å². The minimum atomic E-state index is -0.563. The minimum Gasteiger partial charge on any atom is -0.474 e.